The van der Waals surface area contributed by atoms with Gasteiger partial charge in [-0.3, -0.25) is 14.5 Å². The van der Waals surface area contributed by atoms with Crippen LogP contribution in [0.5, 0.6) is 5.75 Å². The van der Waals surface area contributed by atoms with Crippen molar-refractivity contribution < 1.29 is 14.3 Å². The summed E-state index contributed by atoms with van der Waals surface area (Å²) < 4.78 is 7.08. The average Bonchev–Trinajstić information content (AvgIpc) is 3.07. The Hall–Kier alpha value is -2.84. The third kappa shape index (κ3) is 4.66. The molecule has 2 amide bonds. The van der Waals surface area contributed by atoms with Gasteiger partial charge in [-0.15, -0.1) is 10.2 Å². The number of imide groups is 1. The van der Waals surface area contributed by atoms with E-state index in [1.165, 1.54) is 16.7 Å². The maximum Gasteiger partial charge on any atom is 0.260 e. The maximum absolute atomic E-state index is 13.3. The highest BCUT2D eigenvalue weighted by molar-refractivity contribution is 8.00. The van der Waals surface area contributed by atoms with Crippen LogP contribution in [0.1, 0.15) is 29.6 Å². The van der Waals surface area contributed by atoms with E-state index in [1.54, 1.807) is 31.4 Å². The zero-order chi connectivity index (χ0) is 22.7. The minimum absolute atomic E-state index is 0.193. The lowest BCUT2D eigenvalue weighted by atomic mass is 10.2. The van der Waals surface area contributed by atoms with Gasteiger partial charge >= 0.3 is 0 Å². The molecule has 1 aliphatic heterocycles. The van der Waals surface area contributed by atoms with Gasteiger partial charge in [-0.2, -0.15) is 0 Å². The van der Waals surface area contributed by atoms with E-state index in [0.717, 1.165) is 24.2 Å². The molecule has 1 atom stereocenters. The van der Waals surface area contributed by atoms with E-state index >= 15 is 0 Å². The van der Waals surface area contributed by atoms with Gasteiger partial charge in [0.25, 0.3) is 5.91 Å². The molecule has 7 nitrogen and oxygen atoms in total. The summed E-state index contributed by atoms with van der Waals surface area (Å²) >= 11 is 7.28. The molecule has 0 radical (unpaired) electrons. The number of hydrogen-bond donors (Lipinski definition) is 0. The SMILES string of the molecule is COc1ccc(-c2nnc(SC3CCCCN(C(=O)c4ccc(Cl)cc4)C3=O)n2C)cc1. The monoisotopic (exact) mass is 470 g/mol. The molecule has 1 fully saturated rings. The lowest BCUT2D eigenvalue weighted by Crippen LogP contribution is -2.41. The molecular weight excluding hydrogens is 448 g/mol. The van der Waals surface area contributed by atoms with Crippen LogP contribution in [0, 0.1) is 0 Å². The van der Waals surface area contributed by atoms with Crippen molar-refractivity contribution in [2.24, 2.45) is 7.05 Å². The second-order valence-corrected chi connectivity index (χ2v) is 9.10. The van der Waals surface area contributed by atoms with E-state index in [-0.39, 0.29) is 11.8 Å². The van der Waals surface area contributed by atoms with Gasteiger partial charge in [0, 0.05) is 29.7 Å². The van der Waals surface area contributed by atoms with Gasteiger partial charge in [-0.1, -0.05) is 29.8 Å². The molecule has 3 aromatic rings. The number of nitrogens with zero attached hydrogens (tertiary/aromatic N) is 4. The van der Waals surface area contributed by atoms with Crippen molar-refractivity contribution in [2.75, 3.05) is 13.7 Å². The van der Waals surface area contributed by atoms with E-state index in [4.69, 9.17) is 16.3 Å². The average molecular weight is 471 g/mol. The largest absolute Gasteiger partial charge is 0.497 e. The van der Waals surface area contributed by atoms with Crippen LogP contribution in [0.2, 0.25) is 5.02 Å². The minimum atomic E-state index is -0.402. The Bertz CT molecular complexity index is 1120. The summed E-state index contributed by atoms with van der Waals surface area (Å²) in [5.41, 5.74) is 1.35. The van der Waals surface area contributed by atoms with Crippen LogP contribution in [-0.4, -0.2) is 50.4 Å². The molecular formula is C23H23ClN4O3S. The highest BCUT2D eigenvalue weighted by Gasteiger charge is 2.33. The number of ether oxygens (including phenoxy) is 1. The Labute approximate surface area is 195 Å². The van der Waals surface area contributed by atoms with Crippen molar-refractivity contribution in [3.8, 4) is 17.1 Å². The van der Waals surface area contributed by atoms with Crippen molar-refractivity contribution in [1.29, 1.82) is 0 Å². The zero-order valence-corrected chi connectivity index (χ0v) is 19.4. The first-order valence-electron chi connectivity index (χ1n) is 10.3. The molecule has 0 spiro atoms. The summed E-state index contributed by atoms with van der Waals surface area (Å²) in [6, 6.07) is 14.2. The second-order valence-electron chi connectivity index (χ2n) is 7.50. The molecule has 2 heterocycles. The van der Waals surface area contributed by atoms with Gasteiger partial charge in [-0.05, 0) is 61.4 Å². The third-order valence-corrected chi connectivity index (χ3v) is 6.95. The number of thioether (sulfide) groups is 1. The number of carbonyl (C=O) groups is 2. The number of hydrogen-bond acceptors (Lipinski definition) is 6. The summed E-state index contributed by atoms with van der Waals surface area (Å²) in [7, 11) is 3.50. The van der Waals surface area contributed by atoms with E-state index < -0.39 is 5.25 Å². The van der Waals surface area contributed by atoms with Gasteiger partial charge in [0.05, 0.1) is 12.4 Å². The molecule has 2 aromatic carbocycles. The molecule has 4 rings (SSSR count). The Morgan fingerprint density at radius 3 is 2.50 bits per heavy atom. The van der Waals surface area contributed by atoms with Crippen LogP contribution in [0.25, 0.3) is 11.4 Å². The van der Waals surface area contributed by atoms with Crippen LogP contribution in [0.3, 0.4) is 0 Å². The number of likely N-dealkylation sites (tertiary alicyclic amines) is 1. The van der Waals surface area contributed by atoms with Crippen molar-refractivity contribution in [2.45, 2.75) is 29.7 Å². The molecule has 9 heteroatoms. The van der Waals surface area contributed by atoms with Crippen molar-refractivity contribution in [3.05, 3.63) is 59.1 Å². The fraction of sp³-hybridized carbons (Fsp3) is 0.304. The molecule has 0 aliphatic carbocycles. The maximum atomic E-state index is 13.3. The number of amides is 2. The Balaban J connectivity index is 1.53. The van der Waals surface area contributed by atoms with E-state index in [2.05, 4.69) is 10.2 Å². The quantitative estimate of drug-likeness (QED) is 0.512. The summed E-state index contributed by atoms with van der Waals surface area (Å²) in [4.78, 5) is 27.6. The zero-order valence-electron chi connectivity index (χ0n) is 17.8. The minimum Gasteiger partial charge on any atom is -0.497 e. The summed E-state index contributed by atoms with van der Waals surface area (Å²) in [5, 5.41) is 9.40. The Morgan fingerprint density at radius 2 is 1.81 bits per heavy atom. The van der Waals surface area contributed by atoms with Crippen LogP contribution in [-0.2, 0) is 11.8 Å². The summed E-state index contributed by atoms with van der Waals surface area (Å²) in [5.74, 6) is 0.975. The van der Waals surface area contributed by atoms with Crippen molar-refractivity contribution in [3.63, 3.8) is 0 Å². The molecule has 1 aliphatic rings. The molecule has 1 unspecified atom stereocenters. The Morgan fingerprint density at radius 1 is 1.09 bits per heavy atom. The van der Waals surface area contributed by atoms with Crippen LogP contribution in [0.15, 0.2) is 53.7 Å². The topological polar surface area (TPSA) is 77.3 Å². The number of carbonyl (C=O) groups excluding carboxylic acids is 2. The first-order valence-corrected chi connectivity index (χ1v) is 11.6. The van der Waals surface area contributed by atoms with Crippen molar-refractivity contribution >= 4 is 35.2 Å². The van der Waals surface area contributed by atoms with Gasteiger partial charge in [0.15, 0.2) is 11.0 Å². The molecule has 32 heavy (non-hydrogen) atoms. The smallest absolute Gasteiger partial charge is 0.260 e. The molecule has 166 valence electrons. The molecule has 1 aromatic heterocycles. The highest BCUT2D eigenvalue weighted by Crippen LogP contribution is 2.31. The van der Waals surface area contributed by atoms with E-state index in [1.807, 2.05) is 35.9 Å². The predicted octanol–water partition coefficient (Wildman–Crippen LogP) is 4.46. The number of halogens is 1. The molecule has 0 saturated carbocycles. The van der Waals surface area contributed by atoms with E-state index in [9.17, 15) is 9.59 Å². The highest BCUT2D eigenvalue weighted by atomic mass is 35.5. The number of benzene rings is 2. The number of aromatic nitrogens is 3. The number of rotatable bonds is 5. The molecule has 0 bridgehead atoms. The van der Waals surface area contributed by atoms with Crippen LogP contribution < -0.4 is 4.74 Å². The van der Waals surface area contributed by atoms with Gasteiger partial charge in [-0.25, -0.2) is 0 Å². The summed E-state index contributed by atoms with van der Waals surface area (Å²) in [6.45, 7) is 0.410. The first-order chi connectivity index (χ1) is 15.5. The van der Waals surface area contributed by atoms with Gasteiger partial charge < -0.3 is 9.30 Å². The third-order valence-electron chi connectivity index (χ3n) is 5.41. The fourth-order valence-corrected chi connectivity index (χ4v) is 4.83. The lowest BCUT2D eigenvalue weighted by molar-refractivity contribution is -0.127. The summed E-state index contributed by atoms with van der Waals surface area (Å²) in [6.07, 6.45) is 2.31. The fourth-order valence-electron chi connectivity index (χ4n) is 3.60. The standard InChI is InChI=1S/C23H23ClN4O3S/c1-27-20(15-8-12-18(31-2)13-9-15)25-26-23(27)32-19-5-3-4-14-28(22(19)30)21(29)16-6-10-17(24)11-7-16/h6-13,19H,3-5,14H2,1-2H3. The van der Waals surface area contributed by atoms with E-state index in [0.29, 0.717) is 34.5 Å². The van der Waals surface area contributed by atoms with Gasteiger partial charge in [0.2, 0.25) is 5.91 Å². The second kappa shape index (κ2) is 9.75. The van der Waals surface area contributed by atoms with Crippen molar-refractivity contribution in [1.82, 2.24) is 19.7 Å². The number of methoxy groups -OCH3 is 1. The van der Waals surface area contributed by atoms with Crippen LogP contribution >= 0.6 is 23.4 Å². The first kappa shape index (κ1) is 22.4. The lowest BCUT2D eigenvalue weighted by Gasteiger charge is -2.22. The van der Waals surface area contributed by atoms with Crippen LogP contribution in [0.4, 0.5) is 0 Å². The van der Waals surface area contributed by atoms with Gasteiger partial charge in [0.1, 0.15) is 5.75 Å². The predicted molar refractivity (Wildman–Crippen MR) is 124 cm³/mol. The normalized spacial score (nSPS) is 16.7. The molecule has 1 saturated heterocycles. The molecule has 0 N–H and O–H groups in total. The Kier molecular flexibility index (Phi) is 6.81.